The van der Waals surface area contributed by atoms with E-state index in [0.717, 1.165) is 16.7 Å². The van der Waals surface area contributed by atoms with Crippen LogP contribution in [-0.2, 0) is 16.8 Å². The highest BCUT2D eigenvalue weighted by Crippen LogP contribution is 2.57. The number of fused-ring (bicyclic) bond motifs is 6. The van der Waals surface area contributed by atoms with Crippen LogP contribution in [0.15, 0.2) is 85.4 Å². The lowest BCUT2D eigenvalue weighted by Crippen LogP contribution is -2.32. The van der Waals surface area contributed by atoms with Gasteiger partial charge >= 0.3 is 5.97 Å². The van der Waals surface area contributed by atoms with Crippen LogP contribution in [0.1, 0.15) is 43.7 Å². The van der Waals surface area contributed by atoms with Gasteiger partial charge in [-0.15, -0.1) is 0 Å². The van der Waals surface area contributed by atoms with E-state index in [4.69, 9.17) is 9.47 Å². The summed E-state index contributed by atoms with van der Waals surface area (Å²) in [5.41, 5.74) is 3.89. The molecule has 0 saturated heterocycles. The monoisotopic (exact) mass is 448 g/mol. The Morgan fingerprint density at radius 2 is 1.44 bits per heavy atom. The first-order valence-electron chi connectivity index (χ1n) is 10.9. The van der Waals surface area contributed by atoms with Crippen molar-refractivity contribution in [3.05, 3.63) is 124 Å². The summed E-state index contributed by atoms with van der Waals surface area (Å²) in [7, 11) is 0. The summed E-state index contributed by atoms with van der Waals surface area (Å²) in [6, 6.07) is 23.3. The number of hydrogen-bond donors (Lipinski definition) is 2. The molecule has 0 atom stereocenters. The minimum absolute atomic E-state index is 0.0221. The summed E-state index contributed by atoms with van der Waals surface area (Å²) >= 11 is 0. The number of ether oxygens (including phenoxy) is 2. The van der Waals surface area contributed by atoms with E-state index in [2.05, 4.69) is 6.58 Å². The van der Waals surface area contributed by atoms with E-state index in [0.29, 0.717) is 40.2 Å². The molecule has 0 fully saturated rings. The van der Waals surface area contributed by atoms with Gasteiger partial charge in [-0.3, -0.25) is 0 Å². The molecule has 2 heterocycles. The molecule has 2 aliphatic rings. The molecule has 0 bridgehead atoms. The lowest BCUT2D eigenvalue weighted by molar-refractivity contribution is 0.0224. The van der Waals surface area contributed by atoms with Crippen LogP contribution >= 0.6 is 0 Å². The molecule has 0 aromatic heterocycles. The quantitative estimate of drug-likeness (QED) is 0.382. The predicted octanol–water partition coefficient (Wildman–Crippen LogP) is 5.90. The van der Waals surface area contributed by atoms with Crippen LogP contribution in [0.4, 0.5) is 0 Å². The summed E-state index contributed by atoms with van der Waals surface area (Å²) in [6.07, 6.45) is 2.29. The van der Waals surface area contributed by atoms with Crippen LogP contribution in [-0.4, -0.2) is 16.2 Å². The van der Waals surface area contributed by atoms with Gasteiger partial charge in [0, 0.05) is 28.8 Å². The van der Waals surface area contributed by atoms with Gasteiger partial charge in [0.25, 0.3) is 0 Å². The van der Waals surface area contributed by atoms with E-state index in [1.807, 2.05) is 42.5 Å². The Balaban J connectivity index is 1.66. The topological polar surface area (TPSA) is 76.0 Å². The third-order valence-corrected chi connectivity index (χ3v) is 6.53. The first kappa shape index (κ1) is 20.1. The second kappa shape index (κ2) is 7.25. The van der Waals surface area contributed by atoms with Gasteiger partial charge in [0.15, 0.2) is 5.60 Å². The first-order chi connectivity index (χ1) is 16.5. The van der Waals surface area contributed by atoms with Crippen LogP contribution in [0.5, 0.6) is 23.0 Å². The summed E-state index contributed by atoms with van der Waals surface area (Å²) in [5.74, 6) is 0.319. The van der Waals surface area contributed by atoms with Crippen LogP contribution in [0.25, 0.3) is 6.08 Å². The Hall–Kier alpha value is -4.51. The fourth-order valence-electron chi connectivity index (χ4n) is 5.05. The second-order valence-corrected chi connectivity index (χ2v) is 8.46. The van der Waals surface area contributed by atoms with Crippen molar-refractivity contribution in [2.45, 2.75) is 12.0 Å². The standard InChI is InChI=1S/C29H20O5/c1-2-18-8-11-24-27(21(18)14-17-6-4-3-5-7-17)28(32)34-29(24)22-12-9-19(30)15-25(22)33-26-16-20(31)10-13-23(26)29/h2-13,15-16,30-31H,1,14H2. The number of phenolic OH excluding ortho intramolecular Hbond substituents is 2. The number of rotatable bonds is 3. The molecule has 2 N–H and O–H groups in total. The Kier molecular flexibility index (Phi) is 4.29. The van der Waals surface area contributed by atoms with Crippen molar-refractivity contribution in [3.8, 4) is 23.0 Å². The van der Waals surface area contributed by atoms with Gasteiger partial charge in [-0.2, -0.15) is 0 Å². The van der Waals surface area contributed by atoms with Crippen molar-refractivity contribution in [1.29, 1.82) is 0 Å². The average Bonchev–Trinajstić information content (AvgIpc) is 3.12. The molecule has 5 heteroatoms. The molecule has 4 aromatic rings. The van der Waals surface area contributed by atoms with Crippen molar-refractivity contribution in [3.63, 3.8) is 0 Å². The van der Waals surface area contributed by atoms with Gasteiger partial charge in [-0.05, 0) is 47.4 Å². The number of hydrogen-bond acceptors (Lipinski definition) is 5. The fourth-order valence-corrected chi connectivity index (χ4v) is 5.05. The molecule has 166 valence electrons. The van der Waals surface area contributed by atoms with Crippen molar-refractivity contribution >= 4 is 12.0 Å². The number of benzene rings is 4. The minimum Gasteiger partial charge on any atom is -0.508 e. The van der Waals surface area contributed by atoms with Crippen LogP contribution < -0.4 is 4.74 Å². The van der Waals surface area contributed by atoms with Crippen molar-refractivity contribution in [1.82, 2.24) is 0 Å². The number of aromatic hydroxyl groups is 2. The Morgan fingerprint density at radius 1 is 0.824 bits per heavy atom. The molecule has 5 nitrogen and oxygen atoms in total. The zero-order chi connectivity index (χ0) is 23.4. The molecule has 0 aliphatic carbocycles. The summed E-state index contributed by atoms with van der Waals surface area (Å²) in [5, 5.41) is 20.2. The molecule has 0 amide bonds. The summed E-state index contributed by atoms with van der Waals surface area (Å²) < 4.78 is 12.3. The van der Waals surface area contributed by atoms with Crippen molar-refractivity contribution in [2.75, 3.05) is 0 Å². The number of carbonyl (C=O) groups excluding carboxylic acids is 1. The SMILES string of the molecule is C=Cc1ccc2c(c1Cc1ccccc1)C(=O)OC21c2ccc(O)cc2Oc2cc(O)ccc21. The zero-order valence-corrected chi connectivity index (χ0v) is 18.1. The lowest BCUT2D eigenvalue weighted by atomic mass is 9.76. The van der Waals surface area contributed by atoms with Crippen molar-refractivity contribution < 1.29 is 24.5 Å². The number of phenols is 2. The molecule has 0 radical (unpaired) electrons. The Labute approximate surface area is 196 Å². The van der Waals surface area contributed by atoms with Crippen LogP contribution in [0, 0.1) is 0 Å². The molecular weight excluding hydrogens is 428 g/mol. The highest BCUT2D eigenvalue weighted by molar-refractivity contribution is 5.99. The molecule has 1 spiro atoms. The normalized spacial score (nSPS) is 14.5. The zero-order valence-electron chi connectivity index (χ0n) is 18.1. The van der Waals surface area contributed by atoms with E-state index < -0.39 is 11.6 Å². The number of esters is 1. The molecule has 2 aliphatic heterocycles. The van der Waals surface area contributed by atoms with E-state index in [9.17, 15) is 15.0 Å². The average molecular weight is 448 g/mol. The van der Waals surface area contributed by atoms with Gasteiger partial charge in [0.1, 0.15) is 23.0 Å². The second-order valence-electron chi connectivity index (χ2n) is 8.46. The van der Waals surface area contributed by atoms with E-state index in [1.165, 1.54) is 12.1 Å². The van der Waals surface area contributed by atoms with Crippen LogP contribution in [0.2, 0.25) is 0 Å². The maximum atomic E-state index is 13.6. The van der Waals surface area contributed by atoms with E-state index in [-0.39, 0.29) is 11.5 Å². The molecule has 4 aromatic carbocycles. The highest BCUT2D eigenvalue weighted by Gasteiger charge is 2.54. The Morgan fingerprint density at radius 3 is 2.06 bits per heavy atom. The van der Waals surface area contributed by atoms with Crippen molar-refractivity contribution in [2.24, 2.45) is 0 Å². The van der Waals surface area contributed by atoms with Gasteiger partial charge in [0.05, 0.1) is 5.56 Å². The third-order valence-electron chi connectivity index (χ3n) is 6.53. The summed E-state index contributed by atoms with van der Waals surface area (Å²) in [6.45, 7) is 3.95. The van der Waals surface area contributed by atoms with Crippen LogP contribution in [0.3, 0.4) is 0 Å². The molecule has 34 heavy (non-hydrogen) atoms. The third kappa shape index (κ3) is 2.77. The van der Waals surface area contributed by atoms with Gasteiger partial charge in [-0.25, -0.2) is 4.79 Å². The highest BCUT2D eigenvalue weighted by atomic mass is 16.6. The maximum absolute atomic E-state index is 13.6. The Bertz CT molecular complexity index is 1430. The molecule has 0 saturated carbocycles. The van der Waals surface area contributed by atoms with Gasteiger partial charge in [0.2, 0.25) is 0 Å². The fraction of sp³-hybridized carbons (Fsp3) is 0.0690. The molecule has 6 rings (SSSR count). The smallest absolute Gasteiger partial charge is 0.340 e. The predicted molar refractivity (Wildman–Crippen MR) is 127 cm³/mol. The largest absolute Gasteiger partial charge is 0.508 e. The first-order valence-corrected chi connectivity index (χ1v) is 10.9. The van der Waals surface area contributed by atoms with E-state index >= 15 is 0 Å². The molecular formula is C29H20O5. The van der Waals surface area contributed by atoms with E-state index in [1.54, 1.807) is 30.3 Å². The molecule has 0 unspecified atom stereocenters. The maximum Gasteiger partial charge on any atom is 0.340 e. The minimum atomic E-state index is -1.28. The summed E-state index contributed by atoms with van der Waals surface area (Å²) in [4.78, 5) is 13.6. The van der Waals surface area contributed by atoms with Gasteiger partial charge < -0.3 is 19.7 Å². The van der Waals surface area contributed by atoms with Gasteiger partial charge in [-0.1, -0.05) is 55.1 Å². The number of carbonyl (C=O) groups is 1. The lowest BCUT2D eigenvalue weighted by Gasteiger charge is -2.36.